The highest BCUT2D eigenvalue weighted by molar-refractivity contribution is 5.81. The highest BCUT2D eigenvalue weighted by atomic mass is 16.3. The summed E-state index contributed by atoms with van der Waals surface area (Å²) in [6.45, 7) is 3.95. The van der Waals surface area contributed by atoms with Gasteiger partial charge in [0, 0.05) is 13.1 Å². The van der Waals surface area contributed by atoms with Gasteiger partial charge in [-0.2, -0.15) is 0 Å². The number of amides is 2. The lowest BCUT2D eigenvalue weighted by atomic mass is 9.97. The Morgan fingerprint density at radius 2 is 2.24 bits per heavy atom. The minimum atomic E-state index is -0.313. The van der Waals surface area contributed by atoms with Crippen LogP contribution < -0.4 is 5.73 Å². The molecule has 1 atom stereocenters. The second kappa shape index (κ2) is 6.76. The zero-order chi connectivity index (χ0) is 15.4. The Morgan fingerprint density at radius 1 is 1.48 bits per heavy atom. The molecule has 1 saturated heterocycles. The highest BCUT2D eigenvalue weighted by Gasteiger charge is 2.27. The van der Waals surface area contributed by atoms with Gasteiger partial charge in [0.05, 0.1) is 19.0 Å². The number of nitrogens with zero attached hydrogens (tertiary/aromatic N) is 2. The Bertz CT molecular complexity index is 512. The van der Waals surface area contributed by atoms with Crippen LogP contribution in [-0.4, -0.2) is 48.3 Å². The van der Waals surface area contributed by atoms with Crippen LogP contribution in [0.3, 0.4) is 0 Å². The van der Waals surface area contributed by atoms with Crippen molar-refractivity contribution in [3.8, 4) is 0 Å². The predicted molar refractivity (Wildman–Crippen MR) is 78.3 cm³/mol. The summed E-state index contributed by atoms with van der Waals surface area (Å²) in [5, 5.41) is 0. The average Bonchev–Trinajstić information content (AvgIpc) is 2.83. The van der Waals surface area contributed by atoms with Gasteiger partial charge >= 0.3 is 0 Å². The molecule has 0 radical (unpaired) electrons. The van der Waals surface area contributed by atoms with E-state index in [1.807, 2.05) is 31.0 Å². The first-order valence-electron chi connectivity index (χ1n) is 7.26. The quantitative estimate of drug-likeness (QED) is 0.868. The SMILES string of the molecule is Cc1ccc(CN(C)CC(=O)N2CCCC(C(N)=O)C2)o1. The number of carbonyl (C=O) groups is 2. The van der Waals surface area contributed by atoms with Gasteiger partial charge in [0.25, 0.3) is 0 Å². The van der Waals surface area contributed by atoms with Gasteiger partial charge in [0.2, 0.25) is 11.8 Å². The first kappa shape index (κ1) is 15.6. The molecule has 1 aromatic rings. The molecule has 1 fully saturated rings. The van der Waals surface area contributed by atoms with Gasteiger partial charge in [-0.15, -0.1) is 0 Å². The van der Waals surface area contributed by atoms with Gasteiger partial charge in [-0.05, 0) is 38.9 Å². The molecule has 0 saturated carbocycles. The van der Waals surface area contributed by atoms with Crippen molar-refractivity contribution in [1.29, 1.82) is 0 Å². The van der Waals surface area contributed by atoms with Crippen LogP contribution in [0.25, 0.3) is 0 Å². The maximum Gasteiger partial charge on any atom is 0.236 e. The Balaban J connectivity index is 1.84. The molecule has 1 aliphatic heterocycles. The maximum absolute atomic E-state index is 12.3. The van der Waals surface area contributed by atoms with Crippen LogP contribution in [0, 0.1) is 12.8 Å². The predicted octanol–water partition coefficient (Wildman–Crippen LogP) is 0.744. The number of piperidine rings is 1. The zero-order valence-electron chi connectivity index (χ0n) is 12.7. The molecule has 1 unspecified atom stereocenters. The third-order valence-electron chi connectivity index (χ3n) is 3.80. The molecule has 2 N–H and O–H groups in total. The molecular weight excluding hydrogens is 270 g/mol. The normalized spacial score (nSPS) is 19.0. The lowest BCUT2D eigenvalue weighted by molar-refractivity contribution is -0.135. The van der Waals surface area contributed by atoms with E-state index in [-0.39, 0.29) is 17.7 Å². The molecule has 0 bridgehead atoms. The van der Waals surface area contributed by atoms with E-state index >= 15 is 0 Å². The summed E-state index contributed by atoms with van der Waals surface area (Å²) in [7, 11) is 1.88. The lowest BCUT2D eigenvalue weighted by Gasteiger charge is -2.32. The molecule has 21 heavy (non-hydrogen) atoms. The van der Waals surface area contributed by atoms with Crippen molar-refractivity contribution in [2.45, 2.75) is 26.3 Å². The van der Waals surface area contributed by atoms with E-state index in [2.05, 4.69) is 0 Å². The van der Waals surface area contributed by atoms with Crippen LogP contribution in [0.1, 0.15) is 24.4 Å². The van der Waals surface area contributed by atoms with Crippen molar-refractivity contribution in [3.63, 3.8) is 0 Å². The van der Waals surface area contributed by atoms with Crippen LogP contribution in [0.4, 0.5) is 0 Å². The number of nitrogens with two attached hydrogens (primary N) is 1. The van der Waals surface area contributed by atoms with E-state index in [1.54, 1.807) is 4.90 Å². The smallest absolute Gasteiger partial charge is 0.236 e. The van der Waals surface area contributed by atoms with Gasteiger partial charge in [-0.3, -0.25) is 14.5 Å². The first-order valence-corrected chi connectivity index (χ1v) is 7.26. The molecular formula is C15H23N3O3. The second-order valence-electron chi connectivity index (χ2n) is 5.77. The third kappa shape index (κ3) is 4.32. The Morgan fingerprint density at radius 3 is 2.86 bits per heavy atom. The topological polar surface area (TPSA) is 79.8 Å². The molecule has 2 heterocycles. The number of rotatable bonds is 5. The second-order valence-corrected chi connectivity index (χ2v) is 5.77. The molecule has 116 valence electrons. The molecule has 2 rings (SSSR count). The Labute approximate surface area is 124 Å². The average molecular weight is 293 g/mol. The Kier molecular flexibility index (Phi) is 5.01. The monoisotopic (exact) mass is 293 g/mol. The van der Waals surface area contributed by atoms with Crippen molar-refractivity contribution < 1.29 is 14.0 Å². The van der Waals surface area contributed by atoms with Gasteiger partial charge in [0.1, 0.15) is 11.5 Å². The summed E-state index contributed by atoms with van der Waals surface area (Å²) in [5.74, 6) is 1.22. The zero-order valence-corrected chi connectivity index (χ0v) is 12.7. The molecule has 6 nitrogen and oxygen atoms in total. The van der Waals surface area contributed by atoms with Crippen LogP contribution in [-0.2, 0) is 16.1 Å². The van der Waals surface area contributed by atoms with Crippen LogP contribution in [0.2, 0.25) is 0 Å². The van der Waals surface area contributed by atoms with E-state index in [0.717, 1.165) is 24.4 Å². The molecule has 6 heteroatoms. The first-order chi connectivity index (χ1) is 9.95. The molecule has 0 aliphatic carbocycles. The standard InChI is InChI=1S/C15H23N3O3/c1-11-5-6-13(21-11)9-17(2)10-14(19)18-7-3-4-12(8-18)15(16)20/h5-6,12H,3-4,7-10H2,1-2H3,(H2,16,20). The van der Waals surface area contributed by atoms with Crippen molar-refractivity contribution in [2.75, 3.05) is 26.7 Å². The number of hydrogen-bond acceptors (Lipinski definition) is 4. The summed E-state index contributed by atoms with van der Waals surface area (Å²) in [6, 6.07) is 3.83. The fourth-order valence-electron chi connectivity index (χ4n) is 2.66. The summed E-state index contributed by atoms with van der Waals surface area (Å²) in [4.78, 5) is 27.2. The number of likely N-dealkylation sites (tertiary alicyclic amines) is 1. The van der Waals surface area contributed by atoms with Gasteiger partial charge < -0.3 is 15.1 Å². The minimum Gasteiger partial charge on any atom is -0.465 e. The van der Waals surface area contributed by atoms with Gasteiger partial charge in [-0.1, -0.05) is 0 Å². The van der Waals surface area contributed by atoms with Gasteiger partial charge in [-0.25, -0.2) is 0 Å². The van der Waals surface area contributed by atoms with Crippen molar-refractivity contribution in [3.05, 3.63) is 23.7 Å². The molecule has 1 aliphatic rings. The fraction of sp³-hybridized carbons (Fsp3) is 0.600. The Hall–Kier alpha value is -1.82. The fourth-order valence-corrected chi connectivity index (χ4v) is 2.66. The number of furan rings is 1. The van der Waals surface area contributed by atoms with Crippen molar-refractivity contribution in [1.82, 2.24) is 9.80 Å². The van der Waals surface area contributed by atoms with E-state index in [1.165, 1.54) is 0 Å². The number of primary amides is 1. The number of hydrogen-bond donors (Lipinski definition) is 1. The molecule has 2 amide bonds. The largest absolute Gasteiger partial charge is 0.465 e. The lowest BCUT2D eigenvalue weighted by Crippen LogP contribution is -2.47. The summed E-state index contributed by atoms with van der Waals surface area (Å²) in [5.41, 5.74) is 5.34. The molecule has 0 aromatic carbocycles. The third-order valence-corrected chi connectivity index (χ3v) is 3.80. The van der Waals surface area contributed by atoms with Crippen LogP contribution in [0.15, 0.2) is 16.5 Å². The van der Waals surface area contributed by atoms with Crippen molar-refractivity contribution >= 4 is 11.8 Å². The van der Waals surface area contributed by atoms with Crippen LogP contribution >= 0.6 is 0 Å². The minimum absolute atomic E-state index is 0.0340. The summed E-state index contributed by atoms with van der Waals surface area (Å²) < 4.78 is 5.50. The van der Waals surface area contributed by atoms with Crippen molar-refractivity contribution in [2.24, 2.45) is 11.7 Å². The van der Waals surface area contributed by atoms with Gasteiger partial charge in [0.15, 0.2) is 0 Å². The highest BCUT2D eigenvalue weighted by Crippen LogP contribution is 2.16. The number of aryl methyl sites for hydroxylation is 1. The summed E-state index contributed by atoms with van der Waals surface area (Å²) in [6.07, 6.45) is 1.61. The number of likely N-dealkylation sites (N-methyl/N-ethyl adjacent to an activating group) is 1. The van der Waals surface area contributed by atoms with E-state index in [9.17, 15) is 9.59 Å². The summed E-state index contributed by atoms with van der Waals surface area (Å²) >= 11 is 0. The maximum atomic E-state index is 12.3. The van der Waals surface area contributed by atoms with Crippen LogP contribution in [0.5, 0.6) is 0 Å². The number of carbonyl (C=O) groups excluding carboxylic acids is 2. The molecule has 1 aromatic heterocycles. The van der Waals surface area contributed by atoms with E-state index < -0.39 is 0 Å². The van der Waals surface area contributed by atoms with E-state index in [0.29, 0.717) is 26.2 Å². The van der Waals surface area contributed by atoms with E-state index in [4.69, 9.17) is 10.2 Å². The molecule has 0 spiro atoms.